The van der Waals surface area contributed by atoms with Crippen LogP contribution in [0.25, 0.3) is 22.2 Å². The zero-order chi connectivity index (χ0) is 21.5. The van der Waals surface area contributed by atoms with E-state index >= 15 is 0 Å². The van der Waals surface area contributed by atoms with Crippen LogP contribution in [0, 0.1) is 6.92 Å². The summed E-state index contributed by atoms with van der Waals surface area (Å²) in [5.74, 6) is -0.616. The van der Waals surface area contributed by atoms with Crippen LogP contribution >= 0.6 is 0 Å². The van der Waals surface area contributed by atoms with Crippen LogP contribution in [-0.4, -0.2) is 30.6 Å². The highest BCUT2D eigenvalue weighted by Crippen LogP contribution is 2.37. The normalized spacial score (nSPS) is 11.5. The Kier molecular flexibility index (Phi) is 4.83. The lowest BCUT2D eigenvalue weighted by molar-refractivity contribution is 0.0700. The number of carbonyl (C=O) groups is 1. The van der Waals surface area contributed by atoms with E-state index in [1.165, 1.54) is 19.2 Å². The number of benzene rings is 3. The Hall–Kier alpha value is -3.58. The van der Waals surface area contributed by atoms with Crippen molar-refractivity contribution in [1.29, 1.82) is 0 Å². The third-order valence-corrected chi connectivity index (χ3v) is 6.70. The van der Waals surface area contributed by atoms with Gasteiger partial charge in [0.2, 0.25) is 0 Å². The number of hydrogen-bond acceptors (Lipinski definition) is 4. The summed E-state index contributed by atoms with van der Waals surface area (Å²) in [6, 6.07) is 19.7. The van der Waals surface area contributed by atoms with Crippen molar-refractivity contribution in [3.8, 4) is 17.0 Å². The molecule has 0 spiro atoms. The average Bonchev–Trinajstić information content (AvgIpc) is 3.10. The Morgan fingerprint density at radius 1 is 0.933 bits per heavy atom. The number of para-hydroxylation sites is 1. The van der Waals surface area contributed by atoms with E-state index in [1.807, 2.05) is 6.92 Å². The van der Waals surface area contributed by atoms with Crippen molar-refractivity contribution in [3.05, 3.63) is 83.9 Å². The smallest absolute Gasteiger partial charge is 0.338 e. The van der Waals surface area contributed by atoms with Gasteiger partial charge in [0.05, 0.1) is 28.8 Å². The molecule has 0 unspecified atom stereocenters. The number of carboxylic acids is 1. The van der Waals surface area contributed by atoms with E-state index in [4.69, 9.17) is 4.74 Å². The molecule has 3 aromatic carbocycles. The summed E-state index contributed by atoms with van der Waals surface area (Å²) in [5.41, 5.74) is 1.73. The topological polar surface area (TPSA) is 85.6 Å². The third kappa shape index (κ3) is 3.13. The number of methoxy groups -OCH3 is 1. The first-order chi connectivity index (χ1) is 14.3. The van der Waals surface area contributed by atoms with Crippen LogP contribution in [0.3, 0.4) is 0 Å². The number of carboxylic acid groups (broad SMARTS) is 1. The molecule has 0 aliphatic carbocycles. The predicted molar refractivity (Wildman–Crippen MR) is 115 cm³/mol. The van der Waals surface area contributed by atoms with Crippen molar-refractivity contribution < 1.29 is 23.1 Å². The van der Waals surface area contributed by atoms with Gasteiger partial charge in [0.25, 0.3) is 10.0 Å². The largest absolute Gasteiger partial charge is 0.497 e. The highest BCUT2D eigenvalue weighted by molar-refractivity contribution is 7.90. The molecular weight excluding hydrogens is 402 g/mol. The molecule has 0 atom stereocenters. The fraction of sp³-hybridized carbons (Fsp3) is 0.0870. The highest BCUT2D eigenvalue weighted by Gasteiger charge is 2.30. The number of aromatic nitrogens is 1. The van der Waals surface area contributed by atoms with E-state index in [2.05, 4.69) is 0 Å². The molecule has 0 saturated carbocycles. The van der Waals surface area contributed by atoms with E-state index in [9.17, 15) is 18.3 Å². The summed E-state index contributed by atoms with van der Waals surface area (Å²) in [4.78, 5) is 12.3. The zero-order valence-electron chi connectivity index (χ0n) is 16.4. The molecule has 4 aromatic rings. The van der Waals surface area contributed by atoms with Crippen molar-refractivity contribution >= 4 is 26.9 Å². The van der Waals surface area contributed by atoms with Gasteiger partial charge in [0.1, 0.15) is 5.75 Å². The molecule has 1 heterocycles. The molecule has 0 aliphatic rings. The second-order valence-corrected chi connectivity index (χ2v) is 8.64. The number of aromatic carboxylic acids is 1. The number of rotatable bonds is 5. The van der Waals surface area contributed by atoms with Crippen molar-refractivity contribution in [3.63, 3.8) is 0 Å². The van der Waals surface area contributed by atoms with Gasteiger partial charge in [0.15, 0.2) is 0 Å². The molecule has 1 N–H and O–H groups in total. The minimum Gasteiger partial charge on any atom is -0.497 e. The van der Waals surface area contributed by atoms with Gasteiger partial charge in [-0.15, -0.1) is 0 Å². The molecule has 0 aliphatic heterocycles. The molecule has 4 rings (SSSR count). The lowest BCUT2D eigenvalue weighted by atomic mass is 10.1. The van der Waals surface area contributed by atoms with E-state index in [-0.39, 0.29) is 16.2 Å². The summed E-state index contributed by atoms with van der Waals surface area (Å²) in [6.45, 7) is 1.87. The molecule has 0 fully saturated rings. The molecular formula is C23H19NO5S. The van der Waals surface area contributed by atoms with Gasteiger partial charge < -0.3 is 9.84 Å². The number of hydrogen-bond donors (Lipinski definition) is 1. The van der Waals surface area contributed by atoms with Gasteiger partial charge in [-0.3, -0.25) is 0 Å². The molecule has 6 nitrogen and oxygen atoms in total. The number of ether oxygens (including phenoxy) is 1. The Morgan fingerprint density at radius 2 is 1.57 bits per heavy atom. The average molecular weight is 421 g/mol. The second-order valence-electron chi connectivity index (χ2n) is 6.86. The van der Waals surface area contributed by atoms with Crippen LogP contribution in [0.2, 0.25) is 0 Å². The number of nitrogens with zero attached hydrogens (tertiary/aromatic N) is 1. The molecule has 30 heavy (non-hydrogen) atoms. The maximum absolute atomic E-state index is 13.7. The van der Waals surface area contributed by atoms with Crippen molar-refractivity contribution in [2.24, 2.45) is 0 Å². The molecule has 152 valence electrons. The Morgan fingerprint density at radius 3 is 2.17 bits per heavy atom. The minimum absolute atomic E-state index is 0.0635. The predicted octanol–water partition coefficient (Wildman–Crippen LogP) is 4.56. The van der Waals surface area contributed by atoms with E-state index < -0.39 is 16.0 Å². The molecule has 0 saturated heterocycles. The Balaban J connectivity index is 2.12. The molecule has 1 aromatic heterocycles. The summed E-state index contributed by atoms with van der Waals surface area (Å²) in [5, 5.41) is 10.3. The SMILES string of the molecule is COc1ccc(-c2c(C(=O)O)c3ccccc3n2S(=O)(=O)c2ccc(C)cc2)cc1. The van der Waals surface area contributed by atoms with Gasteiger partial charge in [-0.05, 0) is 49.4 Å². The second kappa shape index (κ2) is 7.35. The first-order valence-electron chi connectivity index (χ1n) is 9.18. The summed E-state index contributed by atoms with van der Waals surface area (Å²) < 4.78 is 33.6. The van der Waals surface area contributed by atoms with Gasteiger partial charge in [-0.2, -0.15) is 0 Å². The van der Waals surface area contributed by atoms with Gasteiger partial charge in [-0.1, -0.05) is 35.9 Å². The van der Waals surface area contributed by atoms with Gasteiger partial charge in [-0.25, -0.2) is 17.2 Å². The maximum Gasteiger partial charge on any atom is 0.338 e. The minimum atomic E-state index is -4.07. The lowest BCUT2D eigenvalue weighted by Crippen LogP contribution is -2.15. The fourth-order valence-electron chi connectivity index (χ4n) is 3.50. The van der Waals surface area contributed by atoms with Crippen LogP contribution in [0.15, 0.2) is 77.7 Å². The van der Waals surface area contributed by atoms with Gasteiger partial charge in [0, 0.05) is 10.9 Å². The zero-order valence-corrected chi connectivity index (χ0v) is 17.2. The first kappa shape index (κ1) is 19.7. The Labute approximate surface area is 174 Å². The van der Waals surface area contributed by atoms with Crippen LogP contribution in [0.1, 0.15) is 15.9 Å². The lowest BCUT2D eigenvalue weighted by Gasteiger charge is -2.13. The summed E-state index contributed by atoms with van der Waals surface area (Å²) in [7, 11) is -2.54. The summed E-state index contributed by atoms with van der Waals surface area (Å²) >= 11 is 0. The van der Waals surface area contributed by atoms with Crippen molar-refractivity contribution in [1.82, 2.24) is 3.97 Å². The first-order valence-corrected chi connectivity index (χ1v) is 10.6. The standard InChI is InChI=1S/C23H19NO5S/c1-15-7-13-18(14-8-15)30(27,28)24-20-6-4-3-5-19(20)21(23(25)26)22(24)16-9-11-17(29-2)12-10-16/h3-14H,1-2H3,(H,25,26). The fourth-order valence-corrected chi connectivity index (χ4v) is 5.05. The van der Waals surface area contributed by atoms with Gasteiger partial charge >= 0.3 is 5.97 Å². The van der Waals surface area contributed by atoms with E-state index in [0.29, 0.717) is 22.2 Å². The molecule has 7 heteroatoms. The van der Waals surface area contributed by atoms with Crippen LogP contribution in [-0.2, 0) is 10.0 Å². The molecule has 0 radical (unpaired) electrons. The van der Waals surface area contributed by atoms with E-state index in [0.717, 1.165) is 9.54 Å². The van der Waals surface area contributed by atoms with Crippen LogP contribution in [0.5, 0.6) is 5.75 Å². The number of aryl methyl sites for hydroxylation is 1. The van der Waals surface area contributed by atoms with E-state index in [1.54, 1.807) is 60.7 Å². The molecule has 0 bridgehead atoms. The van der Waals surface area contributed by atoms with Crippen LogP contribution < -0.4 is 4.74 Å². The Bertz CT molecular complexity index is 1350. The third-order valence-electron chi connectivity index (χ3n) is 4.97. The maximum atomic E-state index is 13.7. The molecule has 0 amide bonds. The van der Waals surface area contributed by atoms with Crippen molar-refractivity contribution in [2.45, 2.75) is 11.8 Å². The summed E-state index contributed by atoms with van der Waals surface area (Å²) in [6.07, 6.45) is 0. The highest BCUT2D eigenvalue weighted by atomic mass is 32.2. The van der Waals surface area contributed by atoms with Crippen molar-refractivity contribution in [2.75, 3.05) is 7.11 Å². The van der Waals surface area contributed by atoms with Crippen LogP contribution in [0.4, 0.5) is 0 Å². The number of fused-ring (bicyclic) bond motifs is 1. The quantitative estimate of drug-likeness (QED) is 0.511. The monoisotopic (exact) mass is 421 g/mol.